The summed E-state index contributed by atoms with van der Waals surface area (Å²) >= 11 is 5.93. The molecule has 0 aromatic heterocycles. The van der Waals surface area contributed by atoms with Gasteiger partial charge < -0.3 is 0 Å². The molecule has 1 aromatic rings. The molecule has 0 unspecified atom stereocenters. The van der Waals surface area contributed by atoms with Crippen LogP contribution in [-0.4, -0.2) is 24.8 Å². The molecule has 0 atom stereocenters. The molecule has 0 heterocycles. The van der Waals surface area contributed by atoms with Crippen LogP contribution in [0.2, 0.25) is 5.02 Å². The lowest BCUT2D eigenvalue weighted by atomic mass is 10.1. The van der Waals surface area contributed by atoms with Crippen LogP contribution in [0.1, 0.15) is 25.3 Å². The van der Waals surface area contributed by atoms with Gasteiger partial charge in [-0.05, 0) is 36.3 Å². The minimum atomic E-state index is -2.45. The number of hydrogen-bond donors (Lipinski definition) is 1. The molecule has 0 saturated heterocycles. The summed E-state index contributed by atoms with van der Waals surface area (Å²) < 4.78 is 25.6. The van der Waals surface area contributed by atoms with Crippen molar-refractivity contribution in [3.63, 3.8) is 0 Å². The fraction of sp³-hybridized carbons (Fsp3) is 0.250. The van der Waals surface area contributed by atoms with Crippen molar-refractivity contribution >= 4 is 23.6 Å². The quantitative estimate of drug-likeness (QED) is 0.256. The molecular weight excluding hydrogens is 358 g/mol. The number of carbonyl (C=O) groups excluding carboxylic acids is 1. The van der Waals surface area contributed by atoms with Crippen molar-refractivity contribution in [3.8, 4) is 0 Å². The minimum absolute atomic E-state index is 0.380. The van der Waals surface area contributed by atoms with Crippen LogP contribution in [0.5, 0.6) is 0 Å². The number of benzene rings is 1. The molecule has 140 valence electrons. The fourth-order valence-electron chi connectivity index (χ4n) is 2.28. The standard InChI is InChI=1S/C20H23ClF2N2O/c1-4-15(14-26)6-11-18(5-2)25(24-3)19(12-13-20(22)23)16-7-9-17(21)10-8-16/h4,6-12,14,20,24H,1,5,13H2,2-3H3/b15-6+,18-11+,19-12-. The molecule has 0 bridgehead atoms. The largest absolute Gasteiger partial charge is 0.298 e. The van der Waals surface area contributed by atoms with Gasteiger partial charge >= 0.3 is 0 Å². The SMILES string of the molecule is C=C/C(C=O)=C\C=C(/CC)N(NC)/C(=C\CC(F)F)c1ccc(Cl)cc1. The molecule has 0 amide bonds. The molecule has 1 aromatic carbocycles. The fourth-order valence-corrected chi connectivity index (χ4v) is 2.40. The molecule has 3 nitrogen and oxygen atoms in total. The van der Waals surface area contributed by atoms with Gasteiger partial charge in [-0.1, -0.05) is 49.4 Å². The first kappa shape index (κ1) is 21.8. The van der Waals surface area contributed by atoms with E-state index in [0.29, 0.717) is 29.0 Å². The maximum atomic E-state index is 12.8. The predicted molar refractivity (Wildman–Crippen MR) is 104 cm³/mol. The van der Waals surface area contributed by atoms with Crippen LogP contribution in [0.25, 0.3) is 5.70 Å². The highest BCUT2D eigenvalue weighted by molar-refractivity contribution is 6.30. The molecule has 0 spiro atoms. The molecule has 1 rings (SSSR count). The van der Waals surface area contributed by atoms with Gasteiger partial charge in [-0.25, -0.2) is 14.2 Å². The van der Waals surface area contributed by atoms with Crippen LogP contribution >= 0.6 is 11.6 Å². The van der Waals surface area contributed by atoms with Gasteiger partial charge in [0.1, 0.15) is 6.29 Å². The first-order chi connectivity index (χ1) is 12.5. The summed E-state index contributed by atoms with van der Waals surface area (Å²) in [6.45, 7) is 5.51. The Bertz CT molecular complexity index is 684. The van der Waals surface area contributed by atoms with Crippen LogP contribution < -0.4 is 5.43 Å². The average molecular weight is 381 g/mol. The third kappa shape index (κ3) is 6.58. The van der Waals surface area contributed by atoms with Gasteiger partial charge in [-0.3, -0.25) is 9.80 Å². The number of rotatable bonds is 10. The lowest BCUT2D eigenvalue weighted by molar-refractivity contribution is -0.104. The Morgan fingerprint density at radius 2 is 1.96 bits per heavy atom. The van der Waals surface area contributed by atoms with Gasteiger partial charge in [0, 0.05) is 29.8 Å². The number of alkyl halides is 2. The summed E-state index contributed by atoms with van der Waals surface area (Å²) in [5.74, 6) is 0. The lowest BCUT2D eigenvalue weighted by Crippen LogP contribution is -2.32. The van der Waals surface area contributed by atoms with Gasteiger partial charge in [0.2, 0.25) is 6.43 Å². The molecule has 0 aliphatic heterocycles. The van der Waals surface area contributed by atoms with Crippen molar-refractivity contribution in [2.24, 2.45) is 0 Å². The van der Waals surface area contributed by atoms with Crippen molar-refractivity contribution in [1.82, 2.24) is 10.4 Å². The molecule has 6 heteroatoms. The van der Waals surface area contributed by atoms with E-state index < -0.39 is 6.43 Å². The number of nitrogens with one attached hydrogen (secondary N) is 1. The molecule has 0 saturated carbocycles. The van der Waals surface area contributed by atoms with E-state index in [1.807, 2.05) is 6.92 Å². The topological polar surface area (TPSA) is 32.3 Å². The van der Waals surface area contributed by atoms with Gasteiger partial charge in [0.25, 0.3) is 0 Å². The van der Waals surface area contributed by atoms with Gasteiger partial charge in [-0.15, -0.1) is 0 Å². The second-order valence-corrected chi connectivity index (χ2v) is 5.72. The van der Waals surface area contributed by atoms with Crippen molar-refractivity contribution in [3.05, 3.63) is 77.0 Å². The van der Waals surface area contributed by atoms with E-state index in [1.165, 1.54) is 12.2 Å². The van der Waals surface area contributed by atoms with Crippen molar-refractivity contribution < 1.29 is 13.6 Å². The monoisotopic (exact) mass is 380 g/mol. The number of carbonyl (C=O) groups is 1. The summed E-state index contributed by atoms with van der Waals surface area (Å²) in [5.41, 5.74) is 5.57. The van der Waals surface area contributed by atoms with E-state index in [9.17, 15) is 13.6 Å². The Morgan fingerprint density at radius 1 is 1.31 bits per heavy atom. The lowest BCUT2D eigenvalue weighted by Gasteiger charge is -2.29. The Balaban J connectivity index is 3.37. The van der Waals surface area contributed by atoms with Crippen LogP contribution in [-0.2, 0) is 4.79 Å². The first-order valence-electron chi connectivity index (χ1n) is 8.17. The molecule has 0 aliphatic rings. The molecule has 26 heavy (non-hydrogen) atoms. The smallest absolute Gasteiger partial charge is 0.242 e. The number of halogens is 3. The summed E-state index contributed by atoms with van der Waals surface area (Å²) in [7, 11) is 1.70. The number of nitrogens with zero attached hydrogens (tertiary/aromatic N) is 1. The summed E-state index contributed by atoms with van der Waals surface area (Å²) in [4.78, 5) is 10.9. The van der Waals surface area contributed by atoms with E-state index in [2.05, 4.69) is 12.0 Å². The maximum absolute atomic E-state index is 12.8. The molecule has 0 fully saturated rings. The zero-order valence-electron chi connectivity index (χ0n) is 14.9. The van der Waals surface area contributed by atoms with E-state index in [0.717, 1.165) is 11.3 Å². The van der Waals surface area contributed by atoms with E-state index in [4.69, 9.17) is 11.6 Å². The van der Waals surface area contributed by atoms with Crippen LogP contribution in [0.4, 0.5) is 8.78 Å². The van der Waals surface area contributed by atoms with Crippen LogP contribution in [0.15, 0.2) is 66.4 Å². The van der Waals surface area contributed by atoms with Crippen LogP contribution in [0, 0.1) is 0 Å². The first-order valence-corrected chi connectivity index (χ1v) is 8.54. The Labute approximate surface area is 158 Å². The number of aldehydes is 1. The molecule has 0 radical (unpaired) electrons. The normalized spacial score (nSPS) is 13.1. The average Bonchev–Trinajstić information content (AvgIpc) is 2.64. The maximum Gasteiger partial charge on any atom is 0.242 e. The Hall–Kier alpha value is -2.24. The van der Waals surface area contributed by atoms with Crippen molar-refractivity contribution in [2.75, 3.05) is 7.05 Å². The third-order valence-corrected chi connectivity index (χ3v) is 3.84. The highest BCUT2D eigenvalue weighted by Gasteiger charge is 2.15. The van der Waals surface area contributed by atoms with Gasteiger partial charge in [-0.2, -0.15) is 0 Å². The highest BCUT2D eigenvalue weighted by Crippen LogP contribution is 2.26. The molecule has 0 aliphatic carbocycles. The van der Waals surface area contributed by atoms with Crippen molar-refractivity contribution in [1.29, 1.82) is 0 Å². The molecule has 1 N–H and O–H groups in total. The number of allylic oxidation sites excluding steroid dienone is 6. The Kier molecular flexibility index (Phi) is 9.55. The Morgan fingerprint density at radius 3 is 2.42 bits per heavy atom. The van der Waals surface area contributed by atoms with E-state index >= 15 is 0 Å². The van der Waals surface area contributed by atoms with Gasteiger partial charge in [0.05, 0.1) is 5.70 Å². The van der Waals surface area contributed by atoms with E-state index in [-0.39, 0.29) is 6.42 Å². The van der Waals surface area contributed by atoms with Crippen LogP contribution in [0.3, 0.4) is 0 Å². The van der Waals surface area contributed by atoms with Crippen molar-refractivity contribution in [2.45, 2.75) is 26.2 Å². The predicted octanol–water partition coefficient (Wildman–Crippen LogP) is 5.38. The summed E-state index contributed by atoms with van der Waals surface area (Å²) in [6.07, 6.45) is 4.80. The second kappa shape index (κ2) is 11.4. The number of hydrazine groups is 1. The van der Waals surface area contributed by atoms with Gasteiger partial charge in [0.15, 0.2) is 0 Å². The molecular formula is C20H23ClF2N2O. The zero-order chi connectivity index (χ0) is 19.5. The highest BCUT2D eigenvalue weighted by atomic mass is 35.5. The second-order valence-electron chi connectivity index (χ2n) is 5.28. The number of hydrogen-bond acceptors (Lipinski definition) is 3. The zero-order valence-corrected chi connectivity index (χ0v) is 15.6. The minimum Gasteiger partial charge on any atom is -0.298 e. The summed E-state index contributed by atoms with van der Waals surface area (Å²) in [6, 6.07) is 6.96. The van der Waals surface area contributed by atoms with E-state index in [1.54, 1.807) is 48.5 Å². The summed E-state index contributed by atoms with van der Waals surface area (Å²) in [5, 5.41) is 2.28. The third-order valence-electron chi connectivity index (χ3n) is 3.58.